The molecule has 0 fully saturated rings. The molecule has 1 N–H and O–H groups in total. The van der Waals surface area contributed by atoms with Gasteiger partial charge in [0.2, 0.25) is 0 Å². The first-order valence-electron chi connectivity index (χ1n) is 7.00. The second-order valence-corrected chi connectivity index (χ2v) is 4.87. The minimum atomic E-state index is 0.860. The minimum absolute atomic E-state index is 0.860. The third kappa shape index (κ3) is 3.07. The molecule has 20 heavy (non-hydrogen) atoms. The van der Waals surface area contributed by atoms with Crippen molar-refractivity contribution in [3.63, 3.8) is 0 Å². The van der Waals surface area contributed by atoms with Crippen molar-refractivity contribution in [3.8, 4) is 0 Å². The largest absolute Gasteiger partial charge is 0.373 e. The van der Waals surface area contributed by atoms with Gasteiger partial charge >= 0.3 is 0 Å². The molecule has 1 aromatic heterocycles. The summed E-state index contributed by atoms with van der Waals surface area (Å²) in [5.41, 5.74) is 2.40. The number of nitrogens with one attached hydrogen (secondary N) is 1. The highest BCUT2D eigenvalue weighted by Crippen LogP contribution is 2.26. The van der Waals surface area contributed by atoms with Gasteiger partial charge in [0.1, 0.15) is 17.5 Å². The summed E-state index contributed by atoms with van der Waals surface area (Å²) in [6.07, 6.45) is 1.94. The molecule has 0 amide bonds. The van der Waals surface area contributed by atoms with Gasteiger partial charge in [0, 0.05) is 32.3 Å². The van der Waals surface area contributed by atoms with Gasteiger partial charge in [-0.2, -0.15) is 0 Å². The molecule has 0 aliphatic carbocycles. The van der Waals surface area contributed by atoms with Crippen LogP contribution in [0.25, 0.3) is 0 Å². The SMILES string of the molecule is CCCc1nc(NC)cc(N(C)c2ccccc2C)n1. The number of rotatable bonds is 5. The van der Waals surface area contributed by atoms with Crippen molar-refractivity contribution >= 4 is 17.3 Å². The van der Waals surface area contributed by atoms with E-state index < -0.39 is 0 Å². The molecular formula is C16H22N4. The van der Waals surface area contributed by atoms with Crippen molar-refractivity contribution in [3.05, 3.63) is 41.7 Å². The van der Waals surface area contributed by atoms with Gasteiger partial charge in [-0.3, -0.25) is 0 Å². The highest BCUT2D eigenvalue weighted by Gasteiger charge is 2.11. The van der Waals surface area contributed by atoms with Crippen LogP contribution in [-0.4, -0.2) is 24.1 Å². The average molecular weight is 270 g/mol. The highest BCUT2D eigenvalue weighted by molar-refractivity contribution is 5.64. The Morgan fingerprint density at radius 3 is 2.60 bits per heavy atom. The zero-order valence-corrected chi connectivity index (χ0v) is 12.6. The van der Waals surface area contributed by atoms with E-state index in [2.05, 4.69) is 46.2 Å². The molecule has 0 aliphatic rings. The van der Waals surface area contributed by atoms with Gasteiger partial charge in [-0.1, -0.05) is 25.1 Å². The maximum absolute atomic E-state index is 4.66. The first-order chi connectivity index (χ1) is 9.65. The van der Waals surface area contributed by atoms with Gasteiger partial charge in [0.25, 0.3) is 0 Å². The molecule has 0 unspecified atom stereocenters. The van der Waals surface area contributed by atoms with Crippen molar-refractivity contribution in [2.75, 3.05) is 24.3 Å². The molecule has 0 saturated heterocycles. The standard InChI is InChI=1S/C16H22N4/c1-5-8-14-18-15(17-3)11-16(19-14)20(4)13-10-7-6-9-12(13)2/h6-7,9-11H,5,8H2,1-4H3,(H,17,18,19). The van der Waals surface area contributed by atoms with Crippen LogP contribution in [0.5, 0.6) is 0 Å². The van der Waals surface area contributed by atoms with Crippen LogP contribution in [0.4, 0.5) is 17.3 Å². The van der Waals surface area contributed by atoms with Crippen LogP contribution in [0, 0.1) is 6.92 Å². The normalized spacial score (nSPS) is 10.4. The number of benzene rings is 1. The molecule has 0 bridgehead atoms. The van der Waals surface area contributed by atoms with Crippen LogP contribution >= 0.6 is 0 Å². The number of aromatic nitrogens is 2. The van der Waals surface area contributed by atoms with Crippen LogP contribution in [0.2, 0.25) is 0 Å². The maximum Gasteiger partial charge on any atom is 0.138 e. The molecule has 0 aliphatic heterocycles. The lowest BCUT2D eigenvalue weighted by molar-refractivity contribution is 0.832. The summed E-state index contributed by atoms with van der Waals surface area (Å²) in [6, 6.07) is 10.3. The number of hydrogen-bond donors (Lipinski definition) is 1. The zero-order chi connectivity index (χ0) is 14.5. The summed E-state index contributed by atoms with van der Waals surface area (Å²) in [5, 5.41) is 3.11. The van der Waals surface area contributed by atoms with Crippen LogP contribution in [-0.2, 0) is 6.42 Å². The van der Waals surface area contributed by atoms with E-state index in [0.717, 1.165) is 36.0 Å². The van der Waals surface area contributed by atoms with E-state index in [0.29, 0.717) is 0 Å². The van der Waals surface area contributed by atoms with Crippen LogP contribution in [0.3, 0.4) is 0 Å². The predicted molar refractivity (Wildman–Crippen MR) is 84.8 cm³/mol. The lowest BCUT2D eigenvalue weighted by Gasteiger charge is -2.21. The number of para-hydroxylation sites is 1. The van der Waals surface area contributed by atoms with Crippen LogP contribution < -0.4 is 10.2 Å². The summed E-state index contributed by atoms with van der Waals surface area (Å²) in [5.74, 6) is 2.66. The van der Waals surface area contributed by atoms with Crippen LogP contribution in [0.1, 0.15) is 24.7 Å². The third-order valence-electron chi connectivity index (χ3n) is 3.31. The van der Waals surface area contributed by atoms with E-state index in [4.69, 9.17) is 0 Å². The van der Waals surface area contributed by atoms with Gasteiger partial charge in [-0.25, -0.2) is 9.97 Å². The Morgan fingerprint density at radius 1 is 1.20 bits per heavy atom. The third-order valence-corrected chi connectivity index (χ3v) is 3.31. The van der Waals surface area contributed by atoms with E-state index in [1.54, 1.807) is 0 Å². The molecule has 0 spiro atoms. The van der Waals surface area contributed by atoms with Crippen molar-refractivity contribution in [1.29, 1.82) is 0 Å². The maximum atomic E-state index is 4.66. The first kappa shape index (κ1) is 14.3. The Labute approximate surface area is 120 Å². The Balaban J connectivity index is 2.40. The molecule has 0 radical (unpaired) electrons. The molecule has 1 heterocycles. The Morgan fingerprint density at radius 2 is 1.95 bits per heavy atom. The highest BCUT2D eigenvalue weighted by atomic mass is 15.2. The van der Waals surface area contributed by atoms with Gasteiger partial charge in [0.15, 0.2) is 0 Å². The van der Waals surface area contributed by atoms with Gasteiger partial charge in [-0.05, 0) is 25.0 Å². The molecule has 2 aromatic rings. The number of anilines is 3. The molecular weight excluding hydrogens is 248 g/mol. The second kappa shape index (κ2) is 6.37. The van der Waals surface area contributed by atoms with Crippen molar-refractivity contribution < 1.29 is 0 Å². The summed E-state index contributed by atoms with van der Waals surface area (Å²) in [6.45, 7) is 4.25. The van der Waals surface area contributed by atoms with Crippen molar-refractivity contribution in [1.82, 2.24) is 9.97 Å². The number of nitrogens with zero attached hydrogens (tertiary/aromatic N) is 3. The fourth-order valence-corrected chi connectivity index (χ4v) is 2.18. The fourth-order valence-electron chi connectivity index (χ4n) is 2.18. The number of hydrogen-bond acceptors (Lipinski definition) is 4. The van der Waals surface area contributed by atoms with E-state index in [-0.39, 0.29) is 0 Å². The molecule has 0 atom stereocenters. The molecule has 4 heteroatoms. The van der Waals surface area contributed by atoms with E-state index in [1.807, 2.05) is 32.3 Å². The van der Waals surface area contributed by atoms with Gasteiger partial charge in [0.05, 0.1) is 0 Å². The van der Waals surface area contributed by atoms with E-state index in [9.17, 15) is 0 Å². The Bertz CT molecular complexity index is 580. The molecule has 0 saturated carbocycles. The molecule has 1 aromatic carbocycles. The minimum Gasteiger partial charge on any atom is -0.373 e. The smallest absolute Gasteiger partial charge is 0.138 e. The average Bonchev–Trinajstić information content (AvgIpc) is 2.47. The molecule has 106 valence electrons. The molecule has 2 rings (SSSR count). The Hall–Kier alpha value is -2.10. The monoisotopic (exact) mass is 270 g/mol. The van der Waals surface area contributed by atoms with E-state index in [1.165, 1.54) is 5.56 Å². The summed E-state index contributed by atoms with van der Waals surface area (Å²) in [7, 11) is 3.93. The zero-order valence-electron chi connectivity index (χ0n) is 12.6. The second-order valence-electron chi connectivity index (χ2n) is 4.87. The summed E-state index contributed by atoms with van der Waals surface area (Å²) in [4.78, 5) is 11.3. The quantitative estimate of drug-likeness (QED) is 0.902. The lowest BCUT2D eigenvalue weighted by Crippen LogP contribution is -2.14. The Kier molecular flexibility index (Phi) is 4.56. The van der Waals surface area contributed by atoms with Crippen molar-refractivity contribution in [2.24, 2.45) is 0 Å². The summed E-state index contributed by atoms with van der Waals surface area (Å²) < 4.78 is 0. The fraction of sp³-hybridized carbons (Fsp3) is 0.375. The van der Waals surface area contributed by atoms with Gasteiger partial charge < -0.3 is 10.2 Å². The predicted octanol–water partition coefficient (Wildman–Crippen LogP) is 3.55. The summed E-state index contributed by atoms with van der Waals surface area (Å²) >= 11 is 0. The van der Waals surface area contributed by atoms with Crippen LogP contribution in [0.15, 0.2) is 30.3 Å². The molecule has 4 nitrogen and oxygen atoms in total. The van der Waals surface area contributed by atoms with Crippen molar-refractivity contribution in [2.45, 2.75) is 26.7 Å². The lowest BCUT2D eigenvalue weighted by atomic mass is 10.2. The topological polar surface area (TPSA) is 41.1 Å². The first-order valence-corrected chi connectivity index (χ1v) is 7.00. The van der Waals surface area contributed by atoms with Gasteiger partial charge in [-0.15, -0.1) is 0 Å². The van der Waals surface area contributed by atoms with E-state index >= 15 is 0 Å². The number of aryl methyl sites for hydroxylation is 2.